The first-order valence-electron chi connectivity index (χ1n) is 8.92. The molecule has 0 aromatic heterocycles. The molecule has 0 bridgehead atoms. The fourth-order valence-corrected chi connectivity index (χ4v) is 3.85. The van der Waals surface area contributed by atoms with E-state index in [2.05, 4.69) is 5.32 Å². The normalized spacial score (nSPS) is 11.1. The molecule has 0 aliphatic heterocycles. The van der Waals surface area contributed by atoms with Crippen LogP contribution in [0.25, 0.3) is 0 Å². The number of hydrogen-bond donors (Lipinski definition) is 1. The molecule has 0 spiro atoms. The van der Waals surface area contributed by atoms with Crippen LogP contribution in [0.1, 0.15) is 21.5 Å². The molecular weight excluding hydrogens is 408 g/mol. The third kappa shape index (κ3) is 5.59. The topological polar surface area (TPSA) is 66.5 Å². The average molecular weight is 429 g/mol. The molecule has 1 amide bonds. The number of nitrogens with one attached hydrogen (secondary N) is 1. The summed E-state index contributed by atoms with van der Waals surface area (Å²) in [5.74, 6) is -0.252. The van der Waals surface area contributed by atoms with E-state index < -0.39 is 10.0 Å². The van der Waals surface area contributed by atoms with Crippen molar-refractivity contribution in [2.75, 3.05) is 15.9 Å². The lowest BCUT2D eigenvalue weighted by molar-refractivity contribution is 0.102. The van der Waals surface area contributed by atoms with Gasteiger partial charge in [0, 0.05) is 16.3 Å². The van der Waals surface area contributed by atoms with Crippen molar-refractivity contribution in [3.63, 3.8) is 0 Å². The summed E-state index contributed by atoms with van der Waals surface area (Å²) in [6.07, 6.45) is 1.18. The molecule has 3 rings (SSSR count). The fourth-order valence-electron chi connectivity index (χ4n) is 2.85. The van der Waals surface area contributed by atoms with Crippen molar-refractivity contribution < 1.29 is 13.2 Å². The Balaban J connectivity index is 1.76. The van der Waals surface area contributed by atoms with Crippen LogP contribution in [0.5, 0.6) is 0 Å². The number of hydrogen-bond acceptors (Lipinski definition) is 3. The van der Waals surface area contributed by atoms with Crippen molar-refractivity contribution in [3.05, 3.63) is 94.5 Å². The Morgan fingerprint density at radius 3 is 2.24 bits per heavy atom. The summed E-state index contributed by atoms with van der Waals surface area (Å²) in [7, 11) is -3.46. The minimum atomic E-state index is -3.46. The zero-order valence-electron chi connectivity index (χ0n) is 16.1. The Labute approximate surface area is 176 Å². The van der Waals surface area contributed by atoms with E-state index in [0.29, 0.717) is 22.0 Å². The largest absolute Gasteiger partial charge is 0.322 e. The highest BCUT2D eigenvalue weighted by atomic mass is 35.5. The van der Waals surface area contributed by atoms with E-state index in [1.807, 2.05) is 25.1 Å². The molecule has 0 saturated heterocycles. The Kier molecular flexibility index (Phi) is 6.25. The molecular formula is C22H21ClN2O3S. The van der Waals surface area contributed by atoms with Crippen molar-refractivity contribution >= 4 is 38.9 Å². The molecule has 7 heteroatoms. The molecule has 29 heavy (non-hydrogen) atoms. The minimum absolute atomic E-state index is 0.182. The number of carbonyl (C=O) groups is 1. The summed E-state index contributed by atoms with van der Waals surface area (Å²) >= 11 is 5.85. The molecule has 3 aromatic carbocycles. The summed E-state index contributed by atoms with van der Waals surface area (Å²) in [6.45, 7) is 2.10. The fraction of sp³-hybridized carbons (Fsp3) is 0.136. The Hall–Kier alpha value is -2.83. The third-order valence-corrected chi connectivity index (χ3v) is 5.73. The van der Waals surface area contributed by atoms with Crippen LogP contribution in [0.4, 0.5) is 11.4 Å². The molecule has 0 radical (unpaired) electrons. The maximum atomic E-state index is 12.4. The van der Waals surface area contributed by atoms with Gasteiger partial charge >= 0.3 is 0 Å². The van der Waals surface area contributed by atoms with Crippen molar-refractivity contribution in [2.24, 2.45) is 0 Å². The van der Waals surface area contributed by atoms with Gasteiger partial charge in [0.1, 0.15) is 0 Å². The van der Waals surface area contributed by atoms with E-state index in [1.54, 1.807) is 54.6 Å². The van der Waals surface area contributed by atoms with Crippen LogP contribution in [0.2, 0.25) is 5.02 Å². The molecule has 0 atom stereocenters. The molecule has 0 heterocycles. The van der Waals surface area contributed by atoms with Gasteiger partial charge in [0.15, 0.2) is 0 Å². The standard InChI is InChI=1S/C22H21ClN2O3S/c1-16-4-3-5-21(14-16)25(29(2,27)28)15-17-6-8-18(9-7-17)22(26)24-20-12-10-19(23)11-13-20/h3-14H,15H2,1-2H3,(H,24,26). The van der Waals surface area contributed by atoms with Crippen LogP contribution in [-0.4, -0.2) is 20.6 Å². The van der Waals surface area contributed by atoms with Crippen LogP contribution in [0.3, 0.4) is 0 Å². The first kappa shape index (κ1) is 20.9. The summed E-state index contributed by atoms with van der Waals surface area (Å²) in [4.78, 5) is 12.4. The molecule has 0 aliphatic rings. The van der Waals surface area contributed by atoms with Gasteiger partial charge in [-0.25, -0.2) is 8.42 Å². The summed E-state index contributed by atoms with van der Waals surface area (Å²) in [6, 6.07) is 21.0. The Bertz CT molecular complexity index is 1110. The van der Waals surface area contributed by atoms with Gasteiger partial charge in [-0.15, -0.1) is 0 Å². The number of amides is 1. The molecule has 5 nitrogen and oxygen atoms in total. The maximum Gasteiger partial charge on any atom is 0.255 e. The lowest BCUT2D eigenvalue weighted by Crippen LogP contribution is -2.29. The average Bonchev–Trinajstić information content (AvgIpc) is 2.67. The molecule has 0 fully saturated rings. The zero-order chi connectivity index (χ0) is 21.0. The van der Waals surface area contributed by atoms with E-state index in [9.17, 15) is 13.2 Å². The Morgan fingerprint density at radius 2 is 1.66 bits per heavy atom. The van der Waals surface area contributed by atoms with Crippen LogP contribution in [0, 0.1) is 6.92 Å². The number of benzene rings is 3. The second kappa shape index (κ2) is 8.68. The molecule has 150 valence electrons. The van der Waals surface area contributed by atoms with Crippen molar-refractivity contribution in [3.8, 4) is 0 Å². The first-order chi connectivity index (χ1) is 13.7. The van der Waals surface area contributed by atoms with E-state index in [0.717, 1.165) is 11.1 Å². The zero-order valence-corrected chi connectivity index (χ0v) is 17.7. The van der Waals surface area contributed by atoms with E-state index >= 15 is 0 Å². The molecule has 0 unspecified atom stereocenters. The van der Waals surface area contributed by atoms with Gasteiger partial charge in [-0.3, -0.25) is 9.10 Å². The second-order valence-corrected chi connectivity index (χ2v) is 9.11. The number of anilines is 2. The van der Waals surface area contributed by atoms with Gasteiger partial charge in [-0.2, -0.15) is 0 Å². The number of sulfonamides is 1. The minimum Gasteiger partial charge on any atom is -0.322 e. The van der Waals surface area contributed by atoms with Gasteiger partial charge in [0.05, 0.1) is 18.5 Å². The van der Waals surface area contributed by atoms with Crippen molar-refractivity contribution in [1.29, 1.82) is 0 Å². The van der Waals surface area contributed by atoms with E-state index in [4.69, 9.17) is 11.6 Å². The molecule has 3 aromatic rings. The molecule has 1 N–H and O–H groups in total. The SMILES string of the molecule is Cc1cccc(N(Cc2ccc(C(=O)Nc3ccc(Cl)cc3)cc2)S(C)(=O)=O)c1. The van der Waals surface area contributed by atoms with Crippen LogP contribution < -0.4 is 9.62 Å². The molecule has 0 saturated carbocycles. The second-order valence-electron chi connectivity index (χ2n) is 6.77. The quantitative estimate of drug-likeness (QED) is 0.609. The highest BCUT2D eigenvalue weighted by Crippen LogP contribution is 2.22. The lowest BCUT2D eigenvalue weighted by atomic mass is 10.1. The number of halogens is 1. The highest BCUT2D eigenvalue weighted by molar-refractivity contribution is 7.92. The number of nitrogens with zero attached hydrogens (tertiary/aromatic N) is 1. The Morgan fingerprint density at radius 1 is 1.00 bits per heavy atom. The number of carbonyl (C=O) groups excluding carboxylic acids is 1. The lowest BCUT2D eigenvalue weighted by Gasteiger charge is -2.23. The highest BCUT2D eigenvalue weighted by Gasteiger charge is 2.18. The van der Waals surface area contributed by atoms with Crippen molar-refractivity contribution in [1.82, 2.24) is 0 Å². The van der Waals surface area contributed by atoms with Gasteiger partial charge in [0.2, 0.25) is 10.0 Å². The van der Waals surface area contributed by atoms with Gasteiger partial charge in [-0.05, 0) is 66.6 Å². The van der Waals surface area contributed by atoms with E-state index in [-0.39, 0.29) is 12.5 Å². The van der Waals surface area contributed by atoms with Crippen LogP contribution in [-0.2, 0) is 16.6 Å². The summed E-state index contributed by atoms with van der Waals surface area (Å²) in [5.41, 5.74) is 3.48. The monoisotopic (exact) mass is 428 g/mol. The maximum absolute atomic E-state index is 12.4. The number of rotatable bonds is 6. The third-order valence-electron chi connectivity index (χ3n) is 4.33. The van der Waals surface area contributed by atoms with Gasteiger partial charge in [0.25, 0.3) is 5.91 Å². The molecule has 0 aliphatic carbocycles. The smallest absolute Gasteiger partial charge is 0.255 e. The summed E-state index contributed by atoms with van der Waals surface area (Å²) < 4.78 is 26.0. The van der Waals surface area contributed by atoms with Gasteiger partial charge < -0.3 is 5.32 Å². The number of aryl methyl sites for hydroxylation is 1. The van der Waals surface area contributed by atoms with Crippen LogP contribution in [0.15, 0.2) is 72.8 Å². The summed E-state index contributed by atoms with van der Waals surface area (Å²) in [5, 5.41) is 3.39. The van der Waals surface area contributed by atoms with Crippen LogP contribution >= 0.6 is 11.6 Å². The predicted molar refractivity (Wildman–Crippen MR) is 118 cm³/mol. The first-order valence-corrected chi connectivity index (χ1v) is 11.2. The van der Waals surface area contributed by atoms with Gasteiger partial charge in [-0.1, -0.05) is 35.9 Å². The predicted octanol–water partition coefficient (Wildman–Crippen LogP) is 4.87. The van der Waals surface area contributed by atoms with Crippen molar-refractivity contribution in [2.45, 2.75) is 13.5 Å². The van der Waals surface area contributed by atoms with E-state index in [1.165, 1.54) is 10.6 Å².